The molecule has 0 atom stereocenters. The van der Waals surface area contributed by atoms with Crippen LogP contribution in [0.15, 0.2) is 66.7 Å². The first-order valence-electron chi connectivity index (χ1n) is 8.87. The van der Waals surface area contributed by atoms with Gasteiger partial charge in [-0.2, -0.15) is 0 Å². The number of amides is 2. The second kappa shape index (κ2) is 7.44. The minimum atomic E-state index is -0.254. The number of fused-ring (bicyclic) bond motifs is 1. The Morgan fingerprint density at radius 2 is 1.79 bits per heavy atom. The third-order valence-corrected chi connectivity index (χ3v) is 4.60. The third-order valence-electron chi connectivity index (χ3n) is 4.60. The van der Waals surface area contributed by atoms with Crippen molar-refractivity contribution in [3.05, 3.63) is 83.4 Å². The summed E-state index contributed by atoms with van der Waals surface area (Å²) in [6.07, 6.45) is 0. The van der Waals surface area contributed by atoms with Crippen LogP contribution in [-0.4, -0.2) is 18.9 Å². The molecule has 0 spiro atoms. The summed E-state index contributed by atoms with van der Waals surface area (Å²) in [6.45, 7) is 0.398. The highest BCUT2D eigenvalue weighted by atomic mass is 16.5. The number of hydrogen-bond acceptors (Lipinski definition) is 4. The lowest BCUT2D eigenvalue weighted by atomic mass is 10.0. The van der Waals surface area contributed by atoms with E-state index in [4.69, 9.17) is 4.74 Å². The topological polar surface area (TPSA) is 79.5 Å². The molecule has 6 nitrogen and oxygen atoms in total. The first-order valence-corrected chi connectivity index (χ1v) is 8.87. The van der Waals surface area contributed by atoms with Crippen LogP contribution < -0.4 is 20.7 Å². The maximum Gasteiger partial charge on any atom is 0.255 e. The quantitative estimate of drug-likeness (QED) is 0.633. The molecule has 4 rings (SSSR count). The van der Waals surface area contributed by atoms with Crippen molar-refractivity contribution in [3.8, 4) is 5.75 Å². The van der Waals surface area contributed by atoms with E-state index in [2.05, 4.69) is 16.0 Å². The predicted octanol–water partition coefficient (Wildman–Crippen LogP) is 3.93. The van der Waals surface area contributed by atoms with Crippen molar-refractivity contribution in [3.63, 3.8) is 0 Å². The molecular formula is C22H19N3O3. The standard InChI is InChI=1S/C22H19N3O3/c1-28-16-9-5-8-15(12-16)24-18-10-11-19(20-17(18)13-23-22(20)27)25-21(26)14-6-3-2-4-7-14/h2-12,24H,13H2,1H3,(H,23,27)(H,25,26). The molecule has 0 unspecified atom stereocenters. The van der Waals surface area contributed by atoms with Crippen LogP contribution in [0.3, 0.4) is 0 Å². The molecule has 3 N–H and O–H groups in total. The number of carbonyl (C=O) groups is 2. The Morgan fingerprint density at radius 3 is 2.57 bits per heavy atom. The number of methoxy groups -OCH3 is 1. The van der Waals surface area contributed by atoms with E-state index in [9.17, 15) is 9.59 Å². The molecule has 0 fully saturated rings. The third kappa shape index (κ3) is 3.40. The molecule has 140 valence electrons. The van der Waals surface area contributed by atoms with Gasteiger partial charge in [0.1, 0.15) is 5.75 Å². The molecule has 1 aliphatic heterocycles. The highest BCUT2D eigenvalue weighted by molar-refractivity contribution is 6.11. The zero-order chi connectivity index (χ0) is 19.5. The average Bonchev–Trinajstić information content (AvgIpc) is 3.13. The van der Waals surface area contributed by atoms with Gasteiger partial charge < -0.3 is 20.7 Å². The highest BCUT2D eigenvalue weighted by Crippen LogP contribution is 2.33. The number of anilines is 3. The van der Waals surface area contributed by atoms with Crippen molar-refractivity contribution in [2.75, 3.05) is 17.7 Å². The zero-order valence-electron chi connectivity index (χ0n) is 15.3. The fourth-order valence-electron chi connectivity index (χ4n) is 3.21. The lowest BCUT2D eigenvalue weighted by Gasteiger charge is -2.14. The Kier molecular flexibility index (Phi) is 4.68. The molecular weight excluding hydrogens is 354 g/mol. The number of ether oxygens (including phenoxy) is 1. The van der Waals surface area contributed by atoms with E-state index < -0.39 is 0 Å². The Labute approximate surface area is 162 Å². The fraction of sp³-hybridized carbons (Fsp3) is 0.0909. The van der Waals surface area contributed by atoms with E-state index in [-0.39, 0.29) is 11.8 Å². The number of benzene rings is 3. The maximum atomic E-state index is 12.5. The van der Waals surface area contributed by atoms with Crippen molar-refractivity contribution in [2.24, 2.45) is 0 Å². The van der Waals surface area contributed by atoms with Crippen LogP contribution in [-0.2, 0) is 6.54 Å². The predicted molar refractivity (Wildman–Crippen MR) is 108 cm³/mol. The van der Waals surface area contributed by atoms with E-state index in [1.54, 1.807) is 37.4 Å². The van der Waals surface area contributed by atoms with Crippen molar-refractivity contribution in [1.82, 2.24) is 5.32 Å². The van der Waals surface area contributed by atoms with Gasteiger partial charge in [-0.15, -0.1) is 0 Å². The summed E-state index contributed by atoms with van der Waals surface area (Å²) < 4.78 is 5.25. The molecule has 1 aliphatic rings. The van der Waals surface area contributed by atoms with Gasteiger partial charge in [-0.1, -0.05) is 24.3 Å². The van der Waals surface area contributed by atoms with Crippen LogP contribution in [0.5, 0.6) is 5.75 Å². The number of carbonyl (C=O) groups excluding carboxylic acids is 2. The molecule has 6 heteroatoms. The second-order valence-electron chi connectivity index (χ2n) is 6.37. The summed E-state index contributed by atoms with van der Waals surface area (Å²) in [6, 6.07) is 20.1. The summed E-state index contributed by atoms with van der Waals surface area (Å²) in [5.41, 5.74) is 3.99. The molecule has 3 aromatic carbocycles. The highest BCUT2D eigenvalue weighted by Gasteiger charge is 2.26. The molecule has 0 aromatic heterocycles. The largest absolute Gasteiger partial charge is 0.497 e. The van der Waals surface area contributed by atoms with Crippen LogP contribution in [0, 0.1) is 0 Å². The van der Waals surface area contributed by atoms with Crippen LogP contribution in [0.2, 0.25) is 0 Å². The van der Waals surface area contributed by atoms with Crippen LogP contribution in [0.4, 0.5) is 17.1 Å². The molecule has 0 saturated carbocycles. The molecule has 0 aliphatic carbocycles. The van der Waals surface area contributed by atoms with E-state index >= 15 is 0 Å². The lowest BCUT2D eigenvalue weighted by molar-refractivity contribution is 0.0966. The summed E-state index contributed by atoms with van der Waals surface area (Å²) in [5, 5.41) is 9.01. The van der Waals surface area contributed by atoms with Crippen LogP contribution in [0.1, 0.15) is 26.3 Å². The van der Waals surface area contributed by atoms with Gasteiger partial charge in [0.25, 0.3) is 11.8 Å². The van der Waals surface area contributed by atoms with Gasteiger partial charge in [-0.25, -0.2) is 0 Å². The molecule has 3 aromatic rings. The molecule has 0 radical (unpaired) electrons. The van der Waals surface area contributed by atoms with E-state index in [1.165, 1.54) is 0 Å². The number of nitrogens with one attached hydrogen (secondary N) is 3. The molecule has 1 heterocycles. The Balaban J connectivity index is 1.65. The maximum absolute atomic E-state index is 12.5. The molecule has 0 bridgehead atoms. The Bertz CT molecular complexity index is 1050. The van der Waals surface area contributed by atoms with Crippen molar-refractivity contribution >= 4 is 28.9 Å². The molecule has 2 amide bonds. The first kappa shape index (κ1) is 17.6. The van der Waals surface area contributed by atoms with Crippen LogP contribution >= 0.6 is 0 Å². The minimum Gasteiger partial charge on any atom is -0.497 e. The summed E-state index contributed by atoms with van der Waals surface area (Å²) >= 11 is 0. The average molecular weight is 373 g/mol. The SMILES string of the molecule is COc1cccc(Nc2ccc(NC(=O)c3ccccc3)c3c2CNC3=O)c1. The molecule has 0 saturated heterocycles. The Hall–Kier alpha value is -3.80. The van der Waals surface area contributed by atoms with Crippen molar-refractivity contribution in [2.45, 2.75) is 6.54 Å². The minimum absolute atomic E-state index is 0.201. The number of rotatable bonds is 5. The number of hydrogen-bond donors (Lipinski definition) is 3. The van der Waals surface area contributed by atoms with Crippen LogP contribution in [0.25, 0.3) is 0 Å². The first-order chi connectivity index (χ1) is 13.7. The smallest absolute Gasteiger partial charge is 0.255 e. The normalized spacial score (nSPS) is 12.1. The fourth-order valence-corrected chi connectivity index (χ4v) is 3.21. The summed E-state index contributed by atoms with van der Waals surface area (Å²) in [5.74, 6) is 0.284. The van der Waals surface area contributed by atoms with Gasteiger partial charge in [0, 0.05) is 35.1 Å². The summed E-state index contributed by atoms with van der Waals surface area (Å²) in [4.78, 5) is 24.9. The van der Waals surface area contributed by atoms with Crippen molar-refractivity contribution in [1.29, 1.82) is 0 Å². The molecule has 28 heavy (non-hydrogen) atoms. The lowest BCUT2D eigenvalue weighted by Crippen LogP contribution is -2.17. The summed E-state index contributed by atoms with van der Waals surface area (Å²) in [7, 11) is 1.61. The van der Waals surface area contributed by atoms with Gasteiger partial charge in [0.05, 0.1) is 18.4 Å². The van der Waals surface area contributed by atoms with E-state index in [0.717, 1.165) is 22.7 Å². The van der Waals surface area contributed by atoms with E-state index in [1.807, 2.05) is 36.4 Å². The van der Waals surface area contributed by atoms with Gasteiger partial charge in [-0.3, -0.25) is 9.59 Å². The second-order valence-corrected chi connectivity index (χ2v) is 6.37. The van der Waals surface area contributed by atoms with E-state index in [0.29, 0.717) is 23.4 Å². The van der Waals surface area contributed by atoms with Gasteiger partial charge >= 0.3 is 0 Å². The van der Waals surface area contributed by atoms with Gasteiger partial charge in [0.15, 0.2) is 0 Å². The zero-order valence-corrected chi connectivity index (χ0v) is 15.3. The van der Waals surface area contributed by atoms with Gasteiger partial charge in [0.2, 0.25) is 0 Å². The monoisotopic (exact) mass is 373 g/mol. The Morgan fingerprint density at radius 1 is 1.00 bits per heavy atom. The van der Waals surface area contributed by atoms with Gasteiger partial charge in [-0.05, 0) is 36.4 Å². The van der Waals surface area contributed by atoms with Crippen molar-refractivity contribution < 1.29 is 14.3 Å².